The molecule has 0 aliphatic rings. The second-order valence-electron chi connectivity index (χ2n) is 3.67. The predicted molar refractivity (Wildman–Crippen MR) is 68.7 cm³/mol. The van der Waals surface area contributed by atoms with Gasteiger partial charge in [-0.15, -0.1) is 0 Å². The average Bonchev–Trinajstić information content (AvgIpc) is 2.40. The number of carbonyl (C=O) groups excluding carboxylic acids is 1. The number of phenols is 1. The average molecular weight is 243 g/mol. The summed E-state index contributed by atoms with van der Waals surface area (Å²) in [6, 6.07) is 15.6. The number of amides is 1. The molecule has 0 aliphatic carbocycles. The Hall–Kier alpha value is -2.49. The molecule has 2 aromatic rings. The smallest absolute Gasteiger partial charge is 0.262 e. The zero-order chi connectivity index (χ0) is 12.8. The van der Waals surface area contributed by atoms with Crippen molar-refractivity contribution in [3.05, 3.63) is 54.6 Å². The van der Waals surface area contributed by atoms with E-state index in [1.165, 1.54) is 6.07 Å². The number of rotatable bonds is 4. The topological polar surface area (TPSA) is 58.6 Å². The Kier molecular flexibility index (Phi) is 3.81. The van der Waals surface area contributed by atoms with Crippen LogP contribution in [-0.4, -0.2) is 17.6 Å². The number of anilines is 1. The molecule has 4 heteroatoms. The highest BCUT2D eigenvalue weighted by molar-refractivity contribution is 5.93. The van der Waals surface area contributed by atoms with Crippen LogP contribution in [0.1, 0.15) is 0 Å². The summed E-state index contributed by atoms with van der Waals surface area (Å²) in [6.45, 7) is -0.0989. The number of carbonyl (C=O) groups is 1. The molecular formula is C14H13NO3. The molecule has 0 radical (unpaired) electrons. The number of para-hydroxylation sites is 3. The Morgan fingerprint density at radius 2 is 1.72 bits per heavy atom. The maximum Gasteiger partial charge on any atom is 0.262 e. The number of hydrogen-bond acceptors (Lipinski definition) is 3. The molecule has 2 N–H and O–H groups in total. The van der Waals surface area contributed by atoms with Gasteiger partial charge in [-0.05, 0) is 24.3 Å². The molecule has 0 atom stereocenters. The van der Waals surface area contributed by atoms with Crippen molar-refractivity contribution >= 4 is 11.6 Å². The first-order valence-corrected chi connectivity index (χ1v) is 5.51. The Labute approximate surface area is 105 Å². The molecule has 1 amide bonds. The van der Waals surface area contributed by atoms with Crippen molar-refractivity contribution < 1.29 is 14.6 Å². The minimum atomic E-state index is -0.319. The van der Waals surface area contributed by atoms with Gasteiger partial charge in [0.05, 0.1) is 5.69 Å². The summed E-state index contributed by atoms with van der Waals surface area (Å²) in [7, 11) is 0. The number of aromatic hydroxyl groups is 1. The normalized spacial score (nSPS) is 9.78. The van der Waals surface area contributed by atoms with Crippen LogP contribution < -0.4 is 10.1 Å². The summed E-state index contributed by atoms with van der Waals surface area (Å²) in [5.74, 6) is 0.343. The van der Waals surface area contributed by atoms with Crippen molar-refractivity contribution in [2.24, 2.45) is 0 Å². The highest BCUT2D eigenvalue weighted by Crippen LogP contribution is 2.21. The standard InChI is InChI=1S/C14H13NO3/c16-13-9-5-4-8-12(13)15-14(17)10-18-11-6-2-1-3-7-11/h1-9,16H,10H2,(H,15,17). The molecule has 0 saturated heterocycles. The monoisotopic (exact) mass is 243 g/mol. The quantitative estimate of drug-likeness (QED) is 0.811. The maximum absolute atomic E-state index is 11.6. The van der Waals surface area contributed by atoms with Gasteiger partial charge in [-0.1, -0.05) is 30.3 Å². The second kappa shape index (κ2) is 5.72. The molecule has 0 heterocycles. The molecule has 18 heavy (non-hydrogen) atoms. The van der Waals surface area contributed by atoms with Gasteiger partial charge in [0.1, 0.15) is 11.5 Å². The van der Waals surface area contributed by atoms with Gasteiger partial charge in [0, 0.05) is 0 Å². The zero-order valence-corrected chi connectivity index (χ0v) is 9.67. The second-order valence-corrected chi connectivity index (χ2v) is 3.67. The summed E-state index contributed by atoms with van der Waals surface area (Å²) in [5.41, 5.74) is 0.374. The lowest BCUT2D eigenvalue weighted by Gasteiger charge is -2.08. The van der Waals surface area contributed by atoms with Crippen LogP contribution >= 0.6 is 0 Å². The van der Waals surface area contributed by atoms with Crippen molar-refractivity contribution in [1.82, 2.24) is 0 Å². The van der Waals surface area contributed by atoms with Gasteiger partial charge in [-0.2, -0.15) is 0 Å². The van der Waals surface area contributed by atoms with Gasteiger partial charge in [0.25, 0.3) is 5.91 Å². The Morgan fingerprint density at radius 1 is 1.06 bits per heavy atom. The lowest BCUT2D eigenvalue weighted by Crippen LogP contribution is -2.20. The zero-order valence-electron chi connectivity index (χ0n) is 9.67. The van der Waals surface area contributed by atoms with E-state index in [1.54, 1.807) is 30.3 Å². The third-order valence-corrected chi connectivity index (χ3v) is 2.29. The first-order valence-electron chi connectivity index (χ1n) is 5.51. The molecule has 2 aromatic carbocycles. The highest BCUT2D eigenvalue weighted by atomic mass is 16.5. The van der Waals surface area contributed by atoms with Crippen LogP contribution in [0.5, 0.6) is 11.5 Å². The van der Waals surface area contributed by atoms with Crippen LogP contribution in [0, 0.1) is 0 Å². The van der Waals surface area contributed by atoms with Gasteiger partial charge in [-0.3, -0.25) is 4.79 Å². The van der Waals surface area contributed by atoms with Gasteiger partial charge < -0.3 is 15.2 Å². The van der Waals surface area contributed by atoms with E-state index >= 15 is 0 Å². The SMILES string of the molecule is O=C(COc1ccccc1)Nc1ccccc1O. The fourth-order valence-corrected chi connectivity index (χ4v) is 1.43. The predicted octanol–water partition coefficient (Wildman–Crippen LogP) is 2.41. The molecule has 0 aliphatic heterocycles. The van der Waals surface area contributed by atoms with Gasteiger partial charge in [0.15, 0.2) is 6.61 Å². The Morgan fingerprint density at radius 3 is 2.44 bits per heavy atom. The Bertz CT molecular complexity index is 526. The molecular weight excluding hydrogens is 230 g/mol. The van der Waals surface area contributed by atoms with Crippen molar-refractivity contribution in [2.45, 2.75) is 0 Å². The molecule has 4 nitrogen and oxygen atoms in total. The van der Waals surface area contributed by atoms with Crippen LogP contribution in [0.3, 0.4) is 0 Å². The van der Waals surface area contributed by atoms with E-state index in [9.17, 15) is 9.90 Å². The summed E-state index contributed by atoms with van der Waals surface area (Å²) in [6.07, 6.45) is 0. The largest absolute Gasteiger partial charge is 0.506 e. The summed E-state index contributed by atoms with van der Waals surface area (Å²) >= 11 is 0. The van der Waals surface area contributed by atoms with Crippen molar-refractivity contribution in [1.29, 1.82) is 0 Å². The molecule has 0 bridgehead atoms. The van der Waals surface area contributed by atoms with E-state index in [4.69, 9.17) is 4.74 Å². The van der Waals surface area contributed by atoms with E-state index in [-0.39, 0.29) is 18.3 Å². The van der Waals surface area contributed by atoms with E-state index in [0.29, 0.717) is 11.4 Å². The fourth-order valence-electron chi connectivity index (χ4n) is 1.43. The molecule has 0 unspecified atom stereocenters. The van der Waals surface area contributed by atoms with Crippen LogP contribution in [-0.2, 0) is 4.79 Å². The first-order chi connectivity index (χ1) is 8.75. The van der Waals surface area contributed by atoms with E-state index in [1.807, 2.05) is 18.2 Å². The number of ether oxygens (including phenoxy) is 1. The Balaban J connectivity index is 1.88. The van der Waals surface area contributed by atoms with Crippen molar-refractivity contribution in [3.63, 3.8) is 0 Å². The highest BCUT2D eigenvalue weighted by Gasteiger charge is 2.06. The van der Waals surface area contributed by atoms with Crippen LogP contribution in [0.15, 0.2) is 54.6 Å². The number of hydrogen-bond donors (Lipinski definition) is 2. The van der Waals surface area contributed by atoms with Crippen LogP contribution in [0.25, 0.3) is 0 Å². The van der Waals surface area contributed by atoms with E-state index in [0.717, 1.165) is 0 Å². The van der Waals surface area contributed by atoms with Gasteiger partial charge in [0.2, 0.25) is 0 Å². The summed E-state index contributed by atoms with van der Waals surface area (Å²) in [4.78, 5) is 11.6. The number of benzene rings is 2. The van der Waals surface area contributed by atoms with Crippen molar-refractivity contribution in [2.75, 3.05) is 11.9 Å². The third-order valence-electron chi connectivity index (χ3n) is 2.29. The van der Waals surface area contributed by atoms with Crippen LogP contribution in [0.2, 0.25) is 0 Å². The summed E-state index contributed by atoms with van der Waals surface area (Å²) in [5, 5.41) is 12.1. The minimum absolute atomic E-state index is 0.0329. The molecule has 0 saturated carbocycles. The maximum atomic E-state index is 11.6. The third kappa shape index (κ3) is 3.25. The number of phenolic OH excluding ortho intramolecular Hbond substituents is 1. The molecule has 2 rings (SSSR count). The van der Waals surface area contributed by atoms with E-state index < -0.39 is 0 Å². The minimum Gasteiger partial charge on any atom is -0.506 e. The lowest BCUT2D eigenvalue weighted by molar-refractivity contribution is -0.118. The molecule has 92 valence electrons. The first kappa shape index (κ1) is 12.0. The summed E-state index contributed by atoms with van der Waals surface area (Å²) < 4.78 is 5.29. The van der Waals surface area contributed by atoms with Gasteiger partial charge in [-0.25, -0.2) is 0 Å². The molecule has 0 aromatic heterocycles. The molecule has 0 fully saturated rings. The lowest BCUT2D eigenvalue weighted by atomic mass is 10.3. The van der Waals surface area contributed by atoms with Crippen molar-refractivity contribution in [3.8, 4) is 11.5 Å². The molecule has 0 spiro atoms. The van der Waals surface area contributed by atoms with E-state index in [2.05, 4.69) is 5.32 Å². The van der Waals surface area contributed by atoms with Gasteiger partial charge >= 0.3 is 0 Å². The number of nitrogens with one attached hydrogen (secondary N) is 1. The fraction of sp³-hybridized carbons (Fsp3) is 0.0714. The van der Waals surface area contributed by atoms with Crippen LogP contribution in [0.4, 0.5) is 5.69 Å².